The van der Waals surface area contributed by atoms with Crippen LogP contribution in [-0.4, -0.2) is 40.4 Å². The van der Waals surface area contributed by atoms with E-state index >= 15 is 0 Å². The Morgan fingerprint density at radius 1 is 1.12 bits per heavy atom. The molecule has 2 aromatic heterocycles. The number of hydrogen-bond acceptors (Lipinski definition) is 4. The molecule has 130 valence electrons. The van der Waals surface area contributed by atoms with Crippen molar-refractivity contribution in [3.63, 3.8) is 0 Å². The molecule has 1 aliphatic rings. The summed E-state index contributed by atoms with van der Waals surface area (Å²) in [5, 5.41) is 4.04. The summed E-state index contributed by atoms with van der Waals surface area (Å²) < 4.78 is 29.6. The Morgan fingerprint density at radius 2 is 1.84 bits per heavy atom. The van der Waals surface area contributed by atoms with Crippen molar-refractivity contribution in [1.29, 1.82) is 0 Å². The SMILES string of the molecule is O=S(=O)(c1cc(Br)c2ncnn2c1)N1CCC(c2ccccc2)CC1. The molecule has 6 nitrogen and oxygen atoms in total. The van der Waals surface area contributed by atoms with Crippen LogP contribution in [-0.2, 0) is 10.0 Å². The zero-order valence-electron chi connectivity index (χ0n) is 13.4. The van der Waals surface area contributed by atoms with Gasteiger partial charge in [0.25, 0.3) is 0 Å². The van der Waals surface area contributed by atoms with Gasteiger partial charge in [-0.25, -0.2) is 17.9 Å². The number of pyridine rings is 1. The van der Waals surface area contributed by atoms with Crippen LogP contribution in [0.4, 0.5) is 0 Å². The van der Waals surface area contributed by atoms with Crippen LogP contribution in [0, 0.1) is 0 Å². The van der Waals surface area contributed by atoms with Crippen LogP contribution in [0.25, 0.3) is 5.65 Å². The van der Waals surface area contributed by atoms with Crippen LogP contribution in [0.3, 0.4) is 0 Å². The van der Waals surface area contributed by atoms with Crippen LogP contribution in [0.5, 0.6) is 0 Å². The van der Waals surface area contributed by atoms with Gasteiger partial charge in [-0.2, -0.15) is 9.40 Å². The lowest BCUT2D eigenvalue weighted by atomic mass is 9.90. The Kier molecular flexibility index (Phi) is 4.35. The maximum atomic E-state index is 13.0. The topological polar surface area (TPSA) is 67.6 Å². The molecule has 0 amide bonds. The molecule has 0 radical (unpaired) electrons. The summed E-state index contributed by atoms with van der Waals surface area (Å²) in [5.74, 6) is 0.414. The quantitative estimate of drug-likeness (QED) is 0.652. The fourth-order valence-corrected chi connectivity index (χ4v) is 5.48. The molecule has 1 aromatic carbocycles. The van der Waals surface area contributed by atoms with E-state index in [1.807, 2.05) is 18.2 Å². The number of sulfonamides is 1. The Bertz CT molecular complexity index is 996. The van der Waals surface area contributed by atoms with Gasteiger partial charge in [-0.15, -0.1) is 0 Å². The molecular weight excluding hydrogens is 404 g/mol. The average Bonchev–Trinajstić information content (AvgIpc) is 3.12. The largest absolute Gasteiger partial charge is 0.244 e. The van der Waals surface area contributed by atoms with Crippen LogP contribution in [0.2, 0.25) is 0 Å². The lowest BCUT2D eigenvalue weighted by Gasteiger charge is -2.31. The zero-order valence-corrected chi connectivity index (χ0v) is 15.8. The third-order valence-electron chi connectivity index (χ3n) is 4.67. The highest BCUT2D eigenvalue weighted by atomic mass is 79.9. The highest BCUT2D eigenvalue weighted by Crippen LogP contribution is 2.31. The van der Waals surface area contributed by atoms with Crippen molar-refractivity contribution in [2.45, 2.75) is 23.7 Å². The fraction of sp³-hybridized carbons (Fsp3) is 0.294. The van der Waals surface area contributed by atoms with E-state index in [1.165, 1.54) is 22.6 Å². The van der Waals surface area contributed by atoms with E-state index in [1.54, 1.807) is 10.4 Å². The van der Waals surface area contributed by atoms with E-state index in [0.717, 1.165) is 12.8 Å². The fourth-order valence-electron chi connectivity index (χ4n) is 3.31. The molecule has 0 unspecified atom stereocenters. The molecule has 8 heteroatoms. The van der Waals surface area contributed by atoms with Crippen molar-refractivity contribution in [2.75, 3.05) is 13.1 Å². The molecular formula is C17H17BrN4O2S. The first kappa shape index (κ1) is 16.7. The molecule has 0 spiro atoms. The third-order valence-corrected chi connectivity index (χ3v) is 7.12. The zero-order chi connectivity index (χ0) is 17.4. The lowest BCUT2D eigenvalue weighted by molar-refractivity contribution is 0.319. The van der Waals surface area contributed by atoms with Crippen molar-refractivity contribution in [1.82, 2.24) is 18.9 Å². The van der Waals surface area contributed by atoms with Gasteiger partial charge < -0.3 is 0 Å². The predicted molar refractivity (Wildman–Crippen MR) is 97.9 cm³/mol. The molecule has 0 N–H and O–H groups in total. The van der Waals surface area contributed by atoms with Crippen LogP contribution in [0.15, 0.2) is 58.3 Å². The molecule has 1 aliphatic heterocycles. The molecule has 25 heavy (non-hydrogen) atoms. The standard InChI is InChI=1S/C17H17BrN4O2S/c18-16-10-15(11-22-17(16)19-12-20-22)25(23,24)21-8-6-14(7-9-21)13-4-2-1-3-5-13/h1-5,10-12,14H,6-9H2. The van der Waals surface area contributed by atoms with Gasteiger partial charge in [0.05, 0.1) is 10.7 Å². The van der Waals surface area contributed by atoms with Gasteiger partial charge in [0.2, 0.25) is 10.0 Å². The monoisotopic (exact) mass is 420 g/mol. The first-order chi connectivity index (χ1) is 12.1. The third kappa shape index (κ3) is 3.09. The molecule has 0 bridgehead atoms. The van der Waals surface area contributed by atoms with Gasteiger partial charge >= 0.3 is 0 Å². The van der Waals surface area contributed by atoms with Gasteiger partial charge in [-0.3, -0.25) is 0 Å². The number of halogens is 1. The number of benzene rings is 1. The number of hydrogen-bond donors (Lipinski definition) is 0. The number of rotatable bonds is 3. The highest BCUT2D eigenvalue weighted by molar-refractivity contribution is 9.10. The minimum absolute atomic E-state index is 0.232. The van der Waals surface area contributed by atoms with Crippen molar-refractivity contribution in [3.05, 3.63) is 59.0 Å². The van der Waals surface area contributed by atoms with Crippen LogP contribution < -0.4 is 0 Å². The van der Waals surface area contributed by atoms with E-state index in [0.29, 0.717) is 29.1 Å². The molecule has 1 fully saturated rings. The van der Waals surface area contributed by atoms with E-state index in [-0.39, 0.29) is 4.90 Å². The summed E-state index contributed by atoms with van der Waals surface area (Å²) in [6, 6.07) is 11.9. The first-order valence-electron chi connectivity index (χ1n) is 8.10. The second-order valence-electron chi connectivity index (χ2n) is 6.14. The number of aromatic nitrogens is 3. The Balaban J connectivity index is 1.57. The minimum atomic E-state index is -3.54. The Hall–Kier alpha value is -1.77. The van der Waals surface area contributed by atoms with Crippen molar-refractivity contribution in [3.8, 4) is 0 Å². The van der Waals surface area contributed by atoms with Gasteiger partial charge in [0.1, 0.15) is 11.2 Å². The van der Waals surface area contributed by atoms with Crippen LogP contribution >= 0.6 is 15.9 Å². The maximum Gasteiger partial charge on any atom is 0.244 e. The molecule has 3 heterocycles. The van der Waals surface area contributed by atoms with E-state index in [4.69, 9.17) is 0 Å². The summed E-state index contributed by atoms with van der Waals surface area (Å²) in [7, 11) is -3.54. The minimum Gasteiger partial charge on any atom is -0.219 e. The van der Waals surface area contributed by atoms with Gasteiger partial charge in [0, 0.05) is 13.1 Å². The summed E-state index contributed by atoms with van der Waals surface area (Å²) in [6.45, 7) is 1.05. The van der Waals surface area contributed by atoms with Crippen LogP contribution in [0.1, 0.15) is 24.3 Å². The Morgan fingerprint density at radius 3 is 2.56 bits per heavy atom. The molecule has 0 saturated carbocycles. The second-order valence-corrected chi connectivity index (χ2v) is 8.93. The van der Waals surface area contributed by atoms with Crippen molar-refractivity contribution in [2.24, 2.45) is 0 Å². The molecule has 3 aromatic rings. The summed E-state index contributed by atoms with van der Waals surface area (Å²) in [5.41, 5.74) is 1.88. The van der Waals surface area contributed by atoms with E-state index in [9.17, 15) is 8.42 Å². The smallest absolute Gasteiger partial charge is 0.219 e. The Labute approximate surface area is 154 Å². The average molecular weight is 421 g/mol. The molecule has 4 rings (SSSR count). The van der Waals surface area contributed by atoms with E-state index in [2.05, 4.69) is 38.1 Å². The number of piperidine rings is 1. The molecule has 0 atom stereocenters. The number of fused-ring (bicyclic) bond motifs is 1. The highest BCUT2D eigenvalue weighted by Gasteiger charge is 2.30. The summed E-state index contributed by atoms with van der Waals surface area (Å²) in [4.78, 5) is 4.33. The van der Waals surface area contributed by atoms with Gasteiger partial charge in [0.15, 0.2) is 5.65 Å². The van der Waals surface area contributed by atoms with Crippen molar-refractivity contribution >= 4 is 31.6 Å². The summed E-state index contributed by atoms with van der Waals surface area (Å²) in [6.07, 6.45) is 4.58. The summed E-state index contributed by atoms with van der Waals surface area (Å²) >= 11 is 3.38. The maximum absolute atomic E-state index is 13.0. The van der Waals surface area contributed by atoms with Crippen molar-refractivity contribution < 1.29 is 8.42 Å². The lowest BCUT2D eigenvalue weighted by Crippen LogP contribution is -2.38. The molecule has 0 aliphatic carbocycles. The normalized spacial score (nSPS) is 17.2. The van der Waals surface area contributed by atoms with Gasteiger partial charge in [-0.1, -0.05) is 30.3 Å². The molecule has 1 saturated heterocycles. The number of nitrogens with zero attached hydrogens (tertiary/aromatic N) is 4. The van der Waals surface area contributed by atoms with E-state index < -0.39 is 10.0 Å². The first-order valence-corrected chi connectivity index (χ1v) is 10.3. The van der Waals surface area contributed by atoms with Gasteiger partial charge in [-0.05, 0) is 46.3 Å². The predicted octanol–water partition coefficient (Wildman–Crippen LogP) is 3.06. The second kappa shape index (κ2) is 6.51.